The van der Waals surface area contributed by atoms with Gasteiger partial charge in [0.2, 0.25) is 5.95 Å². The van der Waals surface area contributed by atoms with Crippen molar-refractivity contribution in [3.05, 3.63) is 24.3 Å². The molecule has 0 aliphatic carbocycles. The molecule has 1 N–H and O–H groups in total. The quantitative estimate of drug-likeness (QED) is 0.676. The molecule has 0 saturated carbocycles. The molecule has 1 fully saturated rings. The molecule has 1 aliphatic rings. The van der Waals surface area contributed by atoms with Gasteiger partial charge in [-0.25, -0.2) is 9.97 Å². The van der Waals surface area contributed by atoms with Gasteiger partial charge in [-0.1, -0.05) is 18.2 Å². The third-order valence-electron chi connectivity index (χ3n) is 3.33. The molecule has 0 spiro atoms. The first-order valence-corrected chi connectivity index (χ1v) is 8.10. The summed E-state index contributed by atoms with van der Waals surface area (Å²) in [6.07, 6.45) is 2.71. The van der Waals surface area contributed by atoms with Crippen LogP contribution in [0.4, 0.5) is 5.95 Å². The highest BCUT2D eigenvalue weighted by Crippen LogP contribution is 2.29. The lowest BCUT2D eigenvalue weighted by Crippen LogP contribution is -2.09. The first-order chi connectivity index (χ1) is 9.86. The number of thioether (sulfide) groups is 1. The fourth-order valence-electron chi connectivity index (χ4n) is 2.34. The van der Waals surface area contributed by atoms with Crippen molar-refractivity contribution in [3.63, 3.8) is 0 Å². The molecular formula is C15H19N3OS. The van der Waals surface area contributed by atoms with E-state index in [2.05, 4.69) is 28.3 Å². The monoisotopic (exact) mass is 289 g/mol. The number of rotatable bonds is 5. The first kappa shape index (κ1) is 13.6. The molecular weight excluding hydrogens is 270 g/mol. The maximum Gasteiger partial charge on any atom is 0.224 e. The van der Waals surface area contributed by atoms with E-state index >= 15 is 0 Å². The van der Waals surface area contributed by atoms with Gasteiger partial charge in [-0.2, -0.15) is 0 Å². The summed E-state index contributed by atoms with van der Waals surface area (Å²) in [4.78, 5) is 9.18. The van der Waals surface area contributed by atoms with E-state index in [0.717, 1.165) is 41.3 Å². The topological polar surface area (TPSA) is 47.0 Å². The van der Waals surface area contributed by atoms with Gasteiger partial charge in [-0.05, 0) is 25.8 Å². The van der Waals surface area contributed by atoms with Crippen molar-refractivity contribution in [2.24, 2.45) is 0 Å². The molecule has 0 bridgehead atoms. The van der Waals surface area contributed by atoms with Crippen molar-refractivity contribution in [1.29, 1.82) is 0 Å². The summed E-state index contributed by atoms with van der Waals surface area (Å²) in [6, 6.07) is 8.17. The Labute approximate surface area is 123 Å². The highest BCUT2D eigenvalue weighted by molar-refractivity contribution is 7.99. The molecule has 1 saturated heterocycles. The molecule has 106 valence electrons. The Hall–Kier alpha value is -1.33. The molecule has 4 nitrogen and oxygen atoms in total. The minimum absolute atomic E-state index is 0.372. The SMILES string of the molecule is CCNc1nc(SCC2CCCO2)c2ccccc2n1. The standard InChI is InChI=1S/C15H19N3OS/c1-2-16-15-17-13-8-4-3-7-12(13)14(18-15)20-10-11-6-5-9-19-11/h3-4,7-8,11H,2,5-6,9-10H2,1H3,(H,16,17,18). The number of para-hydroxylation sites is 1. The number of anilines is 1. The second-order valence-corrected chi connectivity index (χ2v) is 5.85. The van der Waals surface area contributed by atoms with Crippen LogP contribution in [0.15, 0.2) is 29.3 Å². The lowest BCUT2D eigenvalue weighted by Gasteiger charge is -2.11. The number of nitrogens with zero attached hydrogens (tertiary/aromatic N) is 2. The van der Waals surface area contributed by atoms with Gasteiger partial charge in [0.05, 0.1) is 11.6 Å². The van der Waals surface area contributed by atoms with Crippen molar-refractivity contribution in [1.82, 2.24) is 9.97 Å². The second kappa shape index (κ2) is 6.41. The highest BCUT2D eigenvalue weighted by atomic mass is 32.2. The number of hydrogen-bond acceptors (Lipinski definition) is 5. The van der Waals surface area contributed by atoms with Gasteiger partial charge in [-0.3, -0.25) is 0 Å². The molecule has 3 rings (SSSR count). The second-order valence-electron chi connectivity index (χ2n) is 4.85. The summed E-state index contributed by atoms with van der Waals surface area (Å²) >= 11 is 1.77. The summed E-state index contributed by atoms with van der Waals surface area (Å²) < 4.78 is 5.68. The van der Waals surface area contributed by atoms with Gasteiger partial charge in [0.1, 0.15) is 5.03 Å². The van der Waals surface area contributed by atoms with Gasteiger partial charge >= 0.3 is 0 Å². The molecule has 20 heavy (non-hydrogen) atoms. The molecule has 0 radical (unpaired) electrons. The van der Waals surface area contributed by atoms with Crippen molar-refractivity contribution in [2.45, 2.75) is 30.9 Å². The predicted octanol–water partition coefficient (Wildman–Crippen LogP) is 3.33. The zero-order valence-corrected chi connectivity index (χ0v) is 12.4. The van der Waals surface area contributed by atoms with Crippen molar-refractivity contribution < 1.29 is 4.74 Å². The smallest absolute Gasteiger partial charge is 0.224 e. The molecule has 5 heteroatoms. The molecule has 2 heterocycles. The van der Waals surface area contributed by atoms with Crippen LogP contribution in [0.1, 0.15) is 19.8 Å². The van der Waals surface area contributed by atoms with Gasteiger partial charge in [0.15, 0.2) is 0 Å². The fraction of sp³-hybridized carbons (Fsp3) is 0.467. The molecule has 1 aromatic carbocycles. The number of benzene rings is 1. The Balaban J connectivity index is 1.86. The summed E-state index contributed by atoms with van der Waals surface area (Å²) in [7, 11) is 0. The Kier molecular flexibility index (Phi) is 4.38. The average Bonchev–Trinajstić information content (AvgIpc) is 2.98. The van der Waals surface area contributed by atoms with Gasteiger partial charge in [-0.15, -0.1) is 11.8 Å². The van der Waals surface area contributed by atoms with Crippen LogP contribution in [0.2, 0.25) is 0 Å². The van der Waals surface area contributed by atoms with Gasteiger partial charge in [0, 0.05) is 24.3 Å². The van der Waals surface area contributed by atoms with E-state index < -0.39 is 0 Å². The Bertz CT molecular complexity index is 584. The van der Waals surface area contributed by atoms with Crippen LogP contribution < -0.4 is 5.32 Å². The Morgan fingerprint density at radius 3 is 3.05 bits per heavy atom. The molecule has 0 amide bonds. The Morgan fingerprint density at radius 2 is 2.25 bits per heavy atom. The molecule has 2 aromatic rings. The minimum atomic E-state index is 0.372. The zero-order valence-electron chi connectivity index (χ0n) is 11.6. The molecule has 1 aliphatic heterocycles. The van der Waals surface area contributed by atoms with Crippen LogP contribution >= 0.6 is 11.8 Å². The minimum Gasteiger partial charge on any atom is -0.377 e. The van der Waals surface area contributed by atoms with Crippen LogP contribution in [-0.4, -0.2) is 35.0 Å². The van der Waals surface area contributed by atoms with Crippen LogP contribution in [0.25, 0.3) is 10.9 Å². The molecule has 1 aromatic heterocycles. The van der Waals surface area contributed by atoms with Crippen LogP contribution in [0.5, 0.6) is 0 Å². The van der Waals surface area contributed by atoms with E-state index in [0.29, 0.717) is 12.1 Å². The number of hydrogen-bond donors (Lipinski definition) is 1. The number of ether oxygens (including phenoxy) is 1. The lowest BCUT2D eigenvalue weighted by atomic mass is 10.2. The van der Waals surface area contributed by atoms with Crippen LogP contribution in [-0.2, 0) is 4.74 Å². The molecule has 1 atom stereocenters. The van der Waals surface area contributed by atoms with E-state index in [1.54, 1.807) is 11.8 Å². The maximum atomic E-state index is 5.68. The summed E-state index contributed by atoms with van der Waals surface area (Å²) in [5.41, 5.74) is 0.994. The summed E-state index contributed by atoms with van der Waals surface area (Å²) in [5.74, 6) is 1.67. The number of aromatic nitrogens is 2. The van der Waals surface area contributed by atoms with Crippen LogP contribution in [0.3, 0.4) is 0 Å². The zero-order chi connectivity index (χ0) is 13.8. The van der Waals surface area contributed by atoms with Crippen molar-refractivity contribution >= 4 is 28.6 Å². The lowest BCUT2D eigenvalue weighted by molar-refractivity contribution is 0.129. The number of fused-ring (bicyclic) bond motifs is 1. The third kappa shape index (κ3) is 3.04. The highest BCUT2D eigenvalue weighted by Gasteiger charge is 2.17. The normalized spacial score (nSPS) is 18.6. The van der Waals surface area contributed by atoms with E-state index in [1.165, 1.54) is 6.42 Å². The summed E-state index contributed by atoms with van der Waals surface area (Å²) in [5, 5.41) is 5.37. The van der Waals surface area contributed by atoms with Crippen LogP contribution in [0, 0.1) is 0 Å². The van der Waals surface area contributed by atoms with Gasteiger partial charge < -0.3 is 10.1 Å². The van der Waals surface area contributed by atoms with E-state index in [1.807, 2.05) is 18.2 Å². The predicted molar refractivity (Wildman–Crippen MR) is 83.4 cm³/mol. The van der Waals surface area contributed by atoms with Crippen molar-refractivity contribution in [3.8, 4) is 0 Å². The third-order valence-corrected chi connectivity index (χ3v) is 4.46. The van der Waals surface area contributed by atoms with E-state index in [-0.39, 0.29) is 0 Å². The summed E-state index contributed by atoms with van der Waals surface area (Å²) in [6.45, 7) is 3.78. The van der Waals surface area contributed by atoms with Crippen molar-refractivity contribution in [2.75, 3.05) is 24.2 Å². The average molecular weight is 289 g/mol. The molecule has 1 unspecified atom stereocenters. The van der Waals surface area contributed by atoms with E-state index in [4.69, 9.17) is 4.74 Å². The number of nitrogens with one attached hydrogen (secondary N) is 1. The fourth-order valence-corrected chi connectivity index (χ4v) is 3.43. The Morgan fingerprint density at radius 1 is 1.35 bits per heavy atom. The van der Waals surface area contributed by atoms with E-state index in [9.17, 15) is 0 Å². The van der Waals surface area contributed by atoms with Gasteiger partial charge in [0.25, 0.3) is 0 Å². The first-order valence-electron chi connectivity index (χ1n) is 7.12. The largest absolute Gasteiger partial charge is 0.377 e. The maximum absolute atomic E-state index is 5.68.